The lowest BCUT2D eigenvalue weighted by Gasteiger charge is -2.26. The minimum absolute atomic E-state index is 0.103. The summed E-state index contributed by atoms with van der Waals surface area (Å²) in [7, 11) is -1.90. The zero-order chi connectivity index (χ0) is 15.8. The van der Waals surface area contributed by atoms with Crippen molar-refractivity contribution in [3.63, 3.8) is 0 Å². The van der Waals surface area contributed by atoms with Gasteiger partial charge in [-0.1, -0.05) is 20.8 Å². The van der Waals surface area contributed by atoms with Crippen molar-refractivity contribution in [1.82, 2.24) is 9.29 Å². The van der Waals surface area contributed by atoms with Crippen LogP contribution < -0.4 is 5.73 Å². The smallest absolute Gasteiger partial charge is 0.242 e. The molecule has 0 spiro atoms. The number of nitrogens with two attached hydrogens (primary N) is 1. The third-order valence-corrected chi connectivity index (χ3v) is 4.89. The van der Waals surface area contributed by atoms with E-state index in [-0.39, 0.29) is 10.3 Å². The molecule has 6 heteroatoms. The lowest BCUT2D eigenvalue weighted by Crippen LogP contribution is -2.34. The van der Waals surface area contributed by atoms with Crippen LogP contribution in [0.2, 0.25) is 0 Å². The molecule has 1 aromatic heterocycles. The second kappa shape index (κ2) is 5.27. The van der Waals surface area contributed by atoms with E-state index in [1.165, 1.54) is 4.31 Å². The zero-order valence-corrected chi connectivity index (χ0v) is 13.6. The van der Waals surface area contributed by atoms with Gasteiger partial charge in [-0.3, -0.25) is 0 Å². The second-order valence-corrected chi connectivity index (χ2v) is 8.46. The van der Waals surface area contributed by atoms with Gasteiger partial charge in [0, 0.05) is 19.0 Å². The van der Waals surface area contributed by atoms with E-state index >= 15 is 0 Å². The van der Waals surface area contributed by atoms with Crippen molar-refractivity contribution >= 4 is 26.7 Å². The molecular formula is C15H21N3O2S. The summed E-state index contributed by atoms with van der Waals surface area (Å²) in [6, 6.07) is 8.33. The van der Waals surface area contributed by atoms with Gasteiger partial charge in [-0.15, -0.1) is 0 Å². The predicted molar refractivity (Wildman–Crippen MR) is 85.4 cm³/mol. The van der Waals surface area contributed by atoms with Crippen LogP contribution in [0.4, 0.5) is 5.82 Å². The Hall–Kier alpha value is -1.66. The maximum absolute atomic E-state index is 12.6. The van der Waals surface area contributed by atoms with Crippen LogP contribution in [0, 0.1) is 5.41 Å². The van der Waals surface area contributed by atoms with Crippen molar-refractivity contribution < 1.29 is 8.42 Å². The summed E-state index contributed by atoms with van der Waals surface area (Å²) in [6.07, 6.45) is 0. The summed E-state index contributed by atoms with van der Waals surface area (Å²) in [5.74, 6) is 0.419. The van der Waals surface area contributed by atoms with Gasteiger partial charge >= 0.3 is 0 Å². The molecule has 0 radical (unpaired) electrons. The summed E-state index contributed by atoms with van der Waals surface area (Å²) in [5.41, 5.74) is 6.21. The number of nitrogen functional groups attached to an aromatic ring is 1. The predicted octanol–water partition coefficient (Wildman–Crippen LogP) is 2.48. The highest BCUT2D eigenvalue weighted by Gasteiger charge is 2.25. The zero-order valence-electron chi connectivity index (χ0n) is 12.8. The normalized spacial score (nSPS) is 13.0. The first-order chi connectivity index (χ1) is 9.59. The van der Waals surface area contributed by atoms with Crippen LogP contribution in [0.3, 0.4) is 0 Å². The molecule has 0 aliphatic rings. The molecule has 5 nitrogen and oxygen atoms in total. The number of fused-ring (bicyclic) bond motifs is 1. The van der Waals surface area contributed by atoms with Gasteiger partial charge in [0.2, 0.25) is 10.0 Å². The summed E-state index contributed by atoms with van der Waals surface area (Å²) < 4.78 is 26.6. The van der Waals surface area contributed by atoms with Crippen LogP contribution in [-0.2, 0) is 10.0 Å². The lowest BCUT2D eigenvalue weighted by atomic mass is 9.97. The molecule has 2 rings (SSSR count). The molecule has 0 atom stereocenters. The Labute approximate surface area is 125 Å². The molecule has 0 saturated carbocycles. The summed E-state index contributed by atoms with van der Waals surface area (Å²) >= 11 is 0. The number of benzene rings is 1. The van der Waals surface area contributed by atoms with E-state index in [4.69, 9.17) is 5.73 Å². The first-order valence-corrected chi connectivity index (χ1v) is 8.16. The minimum Gasteiger partial charge on any atom is -0.384 e. The Morgan fingerprint density at radius 3 is 2.48 bits per heavy atom. The maximum atomic E-state index is 12.6. The fraction of sp³-hybridized carbons (Fsp3) is 0.400. The van der Waals surface area contributed by atoms with Crippen molar-refractivity contribution in [1.29, 1.82) is 0 Å². The number of pyridine rings is 1. The molecule has 2 N–H and O–H groups in total. The molecule has 21 heavy (non-hydrogen) atoms. The molecule has 0 aliphatic carbocycles. The van der Waals surface area contributed by atoms with E-state index in [1.54, 1.807) is 37.4 Å². The van der Waals surface area contributed by atoms with E-state index in [0.717, 1.165) is 5.39 Å². The minimum atomic E-state index is -3.50. The second-order valence-electron chi connectivity index (χ2n) is 6.41. The van der Waals surface area contributed by atoms with E-state index in [9.17, 15) is 8.42 Å². The van der Waals surface area contributed by atoms with Gasteiger partial charge in [0.15, 0.2) is 0 Å². The SMILES string of the molecule is CN(CC(C)(C)C)S(=O)(=O)c1ccc2nc(N)ccc2c1. The molecule has 1 heterocycles. The van der Waals surface area contributed by atoms with E-state index in [2.05, 4.69) is 4.98 Å². The van der Waals surface area contributed by atoms with Crippen LogP contribution >= 0.6 is 0 Å². The van der Waals surface area contributed by atoms with Crippen LogP contribution in [0.5, 0.6) is 0 Å². The van der Waals surface area contributed by atoms with Crippen molar-refractivity contribution in [2.24, 2.45) is 5.41 Å². The monoisotopic (exact) mass is 307 g/mol. The largest absolute Gasteiger partial charge is 0.384 e. The highest BCUT2D eigenvalue weighted by molar-refractivity contribution is 7.89. The van der Waals surface area contributed by atoms with Crippen molar-refractivity contribution in [2.75, 3.05) is 19.3 Å². The van der Waals surface area contributed by atoms with Crippen molar-refractivity contribution in [2.45, 2.75) is 25.7 Å². The summed E-state index contributed by atoms with van der Waals surface area (Å²) in [5, 5.41) is 0.759. The Balaban J connectivity index is 2.43. The van der Waals surface area contributed by atoms with Gasteiger partial charge in [0.25, 0.3) is 0 Å². The van der Waals surface area contributed by atoms with Crippen LogP contribution in [0.15, 0.2) is 35.2 Å². The van der Waals surface area contributed by atoms with Gasteiger partial charge in [-0.25, -0.2) is 17.7 Å². The number of hydrogen-bond acceptors (Lipinski definition) is 4. The van der Waals surface area contributed by atoms with E-state index in [0.29, 0.717) is 17.9 Å². The standard InChI is InChI=1S/C15H21N3O2S/c1-15(2,3)10-18(4)21(19,20)12-6-7-13-11(9-12)5-8-14(16)17-13/h5-9H,10H2,1-4H3,(H2,16,17). The molecular weight excluding hydrogens is 286 g/mol. The van der Waals surface area contributed by atoms with Crippen molar-refractivity contribution in [3.05, 3.63) is 30.3 Å². The van der Waals surface area contributed by atoms with Gasteiger partial charge in [-0.05, 0) is 35.7 Å². The van der Waals surface area contributed by atoms with Crippen LogP contribution in [0.1, 0.15) is 20.8 Å². The lowest BCUT2D eigenvalue weighted by molar-refractivity contribution is 0.311. The Morgan fingerprint density at radius 2 is 1.86 bits per heavy atom. The molecule has 0 fully saturated rings. The molecule has 2 aromatic rings. The number of sulfonamides is 1. The Bertz CT molecular complexity index is 764. The molecule has 0 aliphatic heterocycles. The first kappa shape index (κ1) is 15.7. The number of anilines is 1. The number of rotatable bonds is 3. The first-order valence-electron chi connectivity index (χ1n) is 6.72. The van der Waals surface area contributed by atoms with E-state index in [1.807, 2.05) is 20.8 Å². The van der Waals surface area contributed by atoms with Gasteiger partial charge in [0.1, 0.15) is 5.82 Å². The Morgan fingerprint density at radius 1 is 1.19 bits per heavy atom. The van der Waals surface area contributed by atoms with Crippen LogP contribution in [0.25, 0.3) is 10.9 Å². The third kappa shape index (κ3) is 3.51. The highest BCUT2D eigenvalue weighted by atomic mass is 32.2. The molecule has 0 amide bonds. The molecule has 0 bridgehead atoms. The fourth-order valence-electron chi connectivity index (χ4n) is 2.21. The maximum Gasteiger partial charge on any atom is 0.242 e. The third-order valence-electron chi connectivity index (χ3n) is 3.09. The number of nitrogens with zero attached hydrogens (tertiary/aromatic N) is 2. The van der Waals surface area contributed by atoms with Crippen molar-refractivity contribution in [3.8, 4) is 0 Å². The average molecular weight is 307 g/mol. The topological polar surface area (TPSA) is 76.3 Å². The highest BCUT2D eigenvalue weighted by Crippen LogP contribution is 2.23. The fourth-order valence-corrected chi connectivity index (χ4v) is 3.65. The van der Waals surface area contributed by atoms with Crippen LogP contribution in [-0.4, -0.2) is 31.3 Å². The summed E-state index contributed by atoms with van der Waals surface area (Å²) in [6.45, 7) is 6.47. The van der Waals surface area contributed by atoms with Gasteiger partial charge in [-0.2, -0.15) is 0 Å². The molecule has 114 valence electrons. The van der Waals surface area contributed by atoms with Gasteiger partial charge in [0.05, 0.1) is 10.4 Å². The molecule has 0 unspecified atom stereocenters. The Kier molecular flexibility index (Phi) is 3.95. The molecule has 0 saturated heterocycles. The number of aromatic nitrogens is 1. The quantitative estimate of drug-likeness (QED) is 0.945. The molecule has 1 aromatic carbocycles. The number of hydrogen-bond donors (Lipinski definition) is 1. The average Bonchev–Trinajstić information content (AvgIpc) is 2.35. The van der Waals surface area contributed by atoms with Gasteiger partial charge < -0.3 is 5.73 Å². The van der Waals surface area contributed by atoms with E-state index < -0.39 is 10.0 Å². The summed E-state index contributed by atoms with van der Waals surface area (Å²) in [4.78, 5) is 4.44.